The Kier molecular flexibility index (Phi) is 7.83. The van der Waals surface area contributed by atoms with E-state index in [1.165, 1.54) is 51.4 Å². The minimum atomic E-state index is -0.229. The second kappa shape index (κ2) is 11.1. The lowest BCUT2D eigenvalue weighted by molar-refractivity contribution is -0.0594. The second-order valence-corrected chi connectivity index (χ2v) is 15.1. The molecule has 4 aliphatic rings. The summed E-state index contributed by atoms with van der Waals surface area (Å²) >= 11 is 0. The standard InChI is InChI=1S/C37H53NO3/c1-24(2)10-9-11-25(3)31-16-17-32-29-15-14-26-22-27(18-20-36(26,4)33(29)19-21-37(31,32)5)41-35(39)30-23-38(40-6)34-13-8-7-12-28(30)34/h7-8,12-14,23-25,27,29,31-33H,9-11,15-22H2,1-6H3/t25-,27+,29+,31-,32+,33+,36+,37-/m1/s1. The van der Waals surface area contributed by atoms with E-state index in [0.29, 0.717) is 11.0 Å². The van der Waals surface area contributed by atoms with Crippen LogP contribution in [-0.2, 0) is 4.74 Å². The van der Waals surface area contributed by atoms with Gasteiger partial charge in [0.15, 0.2) is 0 Å². The maximum Gasteiger partial charge on any atom is 0.340 e. The van der Waals surface area contributed by atoms with Crippen molar-refractivity contribution in [2.75, 3.05) is 7.11 Å². The van der Waals surface area contributed by atoms with Gasteiger partial charge in [0.1, 0.15) is 13.2 Å². The lowest BCUT2D eigenvalue weighted by Gasteiger charge is -2.58. The van der Waals surface area contributed by atoms with Gasteiger partial charge in [0.2, 0.25) is 0 Å². The normalized spacial score (nSPS) is 35.4. The zero-order valence-corrected chi connectivity index (χ0v) is 26.5. The molecule has 0 unspecified atom stereocenters. The van der Waals surface area contributed by atoms with Gasteiger partial charge in [0, 0.05) is 11.8 Å². The van der Waals surface area contributed by atoms with Crippen LogP contribution in [0.2, 0.25) is 0 Å². The fraction of sp³-hybridized carbons (Fsp3) is 0.703. The summed E-state index contributed by atoms with van der Waals surface area (Å²) in [4.78, 5) is 18.8. The van der Waals surface area contributed by atoms with Crippen LogP contribution in [0.3, 0.4) is 0 Å². The minimum Gasteiger partial charge on any atom is -0.458 e. The Balaban J connectivity index is 1.14. The number of ether oxygens (including phenoxy) is 1. The highest BCUT2D eigenvalue weighted by Crippen LogP contribution is 2.67. The van der Waals surface area contributed by atoms with Gasteiger partial charge in [-0.3, -0.25) is 0 Å². The molecule has 8 atom stereocenters. The fourth-order valence-corrected chi connectivity index (χ4v) is 10.4. The van der Waals surface area contributed by atoms with E-state index in [1.54, 1.807) is 23.6 Å². The first-order valence-electron chi connectivity index (χ1n) is 16.7. The first-order valence-corrected chi connectivity index (χ1v) is 16.7. The van der Waals surface area contributed by atoms with Gasteiger partial charge in [-0.05, 0) is 97.3 Å². The van der Waals surface area contributed by atoms with Gasteiger partial charge < -0.3 is 9.57 Å². The third-order valence-corrected chi connectivity index (χ3v) is 12.6. The summed E-state index contributed by atoms with van der Waals surface area (Å²) in [6.07, 6.45) is 18.4. The van der Waals surface area contributed by atoms with Crippen LogP contribution in [0.25, 0.3) is 10.9 Å². The van der Waals surface area contributed by atoms with Crippen molar-refractivity contribution in [2.24, 2.45) is 46.3 Å². The minimum absolute atomic E-state index is 0.0422. The van der Waals surface area contributed by atoms with Gasteiger partial charge in [-0.15, -0.1) is 0 Å². The summed E-state index contributed by atoms with van der Waals surface area (Å²) < 4.78 is 7.85. The van der Waals surface area contributed by atoms with Crippen LogP contribution in [0.4, 0.5) is 0 Å². The number of benzene rings is 1. The maximum atomic E-state index is 13.4. The largest absolute Gasteiger partial charge is 0.458 e. The van der Waals surface area contributed by atoms with Crippen LogP contribution >= 0.6 is 0 Å². The molecule has 224 valence electrons. The number of hydrogen-bond donors (Lipinski definition) is 0. The molecule has 0 radical (unpaired) electrons. The third-order valence-electron chi connectivity index (χ3n) is 12.6. The van der Waals surface area contributed by atoms with E-state index in [1.807, 2.05) is 24.3 Å². The molecule has 4 aliphatic carbocycles. The first kappa shape index (κ1) is 28.9. The highest BCUT2D eigenvalue weighted by molar-refractivity contribution is 6.04. The average Bonchev–Trinajstić information content (AvgIpc) is 3.51. The molecule has 4 nitrogen and oxygen atoms in total. The third kappa shape index (κ3) is 4.95. The Hall–Kier alpha value is -2.23. The van der Waals surface area contributed by atoms with Crippen molar-refractivity contribution in [3.8, 4) is 0 Å². The van der Waals surface area contributed by atoms with E-state index in [4.69, 9.17) is 9.57 Å². The SMILES string of the molecule is COn1cc(C(=O)O[C@H]2CC[C@@]3(C)C(=CC[C@H]4[C@@H]5CC[C@H]([C@H](C)CCCC(C)C)[C@@]5(C)CC[C@@H]43)C2)c2ccccc21. The number of para-hydroxylation sites is 1. The predicted octanol–water partition coefficient (Wildman–Crippen LogP) is 9.27. The molecule has 0 N–H and O–H groups in total. The molecule has 0 saturated heterocycles. The topological polar surface area (TPSA) is 40.5 Å². The molecular formula is C37H53NO3. The Morgan fingerprint density at radius 3 is 2.61 bits per heavy atom. The Morgan fingerprint density at radius 1 is 1.02 bits per heavy atom. The van der Waals surface area contributed by atoms with E-state index in [2.05, 4.69) is 40.7 Å². The Morgan fingerprint density at radius 2 is 1.83 bits per heavy atom. The molecule has 1 aromatic heterocycles. The van der Waals surface area contributed by atoms with Crippen molar-refractivity contribution < 1.29 is 14.4 Å². The van der Waals surface area contributed by atoms with Crippen LogP contribution in [0.15, 0.2) is 42.1 Å². The van der Waals surface area contributed by atoms with E-state index >= 15 is 0 Å². The number of carbonyl (C=O) groups is 1. The number of aromatic nitrogens is 1. The highest BCUT2D eigenvalue weighted by atomic mass is 16.6. The summed E-state index contributed by atoms with van der Waals surface area (Å²) in [5.41, 5.74) is 3.84. The van der Waals surface area contributed by atoms with Gasteiger partial charge in [0.25, 0.3) is 0 Å². The van der Waals surface area contributed by atoms with E-state index in [0.717, 1.165) is 65.7 Å². The quantitative estimate of drug-likeness (QED) is 0.239. The lowest BCUT2D eigenvalue weighted by Crippen LogP contribution is -2.51. The van der Waals surface area contributed by atoms with Crippen LogP contribution in [0.1, 0.15) is 116 Å². The van der Waals surface area contributed by atoms with Gasteiger partial charge in [-0.25, -0.2) is 4.79 Å². The number of rotatable bonds is 8. The van der Waals surface area contributed by atoms with E-state index < -0.39 is 0 Å². The number of hydrogen-bond acceptors (Lipinski definition) is 3. The molecule has 6 rings (SSSR count). The Labute approximate surface area is 248 Å². The van der Waals surface area contributed by atoms with Crippen molar-refractivity contribution >= 4 is 16.9 Å². The molecule has 1 heterocycles. The number of carbonyl (C=O) groups excluding carboxylic acids is 1. The molecule has 3 saturated carbocycles. The van der Waals surface area contributed by atoms with Crippen molar-refractivity contribution in [3.05, 3.63) is 47.7 Å². The molecule has 0 bridgehead atoms. The molecule has 2 aromatic rings. The molecule has 3 fully saturated rings. The molecule has 0 spiro atoms. The van der Waals surface area contributed by atoms with Crippen LogP contribution in [0.5, 0.6) is 0 Å². The summed E-state index contributed by atoms with van der Waals surface area (Å²) in [7, 11) is 1.63. The van der Waals surface area contributed by atoms with Crippen molar-refractivity contribution in [1.82, 2.24) is 4.73 Å². The summed E-state index contributed by atoms with van der Waals surface area (Å²) in [5.74, 6) is 4.84. The van der Waals surface area contributed by atoms with Crippen molar-refractivity contribution in [2.45, 2.75) is 111 Å². The van der Waals surface area contributed by atoms with Crippen molar-refractivity contribution in [3.63, 3.8) is 0 Å². The smallest absolute Gasteiger partial charge is 0.340 e. The van der Waals surface area contributed by atoms with Crippen LogP contribution in [-0.4, -0.2) is 23.9 Å². The predicted molar refractivity (Wildman–Crippen MR) is 167 cm³/mol. The zero-order chi connectivity index (χ0) is 28.9. The summed E-state index contributed by atoms with van der Waals surface area (Å²) in [6, 6.07) is 7.87. The summed E-state index contributed by atoms with van der Waals surface area (Å²) in [5, 5.41) is 0.883. The first-order chi connectivity index (χ1) is 19.7. The number of nitrogens with zero attached hydrogens (tertiary/aromatic N) is 1. The molecule has 0 aliphatic heterocycles. The van der Waals surface area contributed by atoms with Gasteiger partial charge in [-0.1, -0.05) is 83.7 Å². The van der Waals surface area contributed by atoms with Gasteiger partial charge in [0.05, 0.1) is 17.3 Å². The number of fused-ring (bicyclic) bond motifs is 6. The number of esters is 1. The molecule has 4 heteroatoms. The Bertz CT molecular complexity index is 1290. The summed E-state index contributed by atoms with van der Waals surface area (Å²) in [6.45, 7) is 12.5. The van der Waals surface area contributed by atoms with Crippen LogP contribution < -0.4 is 4.84 Å². The van der Waals surface area contributed by atoms with Crippen molar-refractivity contribution in [1.29, 1.82) is 0 Å². The monoisotopic (exact) mass is 559 g/mol. The fourth-order valence-electron chi connectivity index (χ4n) is 10.4. The lowest BCUT2D eigenvalue weighted by atomic mass is 9.47. The van der Waals surface area contributed by atoms with E-state index in [9.17, 15) is 4.79 Å². The molecule has 41 heavy (non-hydrogen) atoms. The average molecular weight is 560 g/mol. The van der Waals surface area contributed by atoms with Gasteiger partial charge in [-0.2, -0.15) is 4.73 Å². The molecule has 1 aromatic carbocycles. The number of allylic oxidation sites excluding steroid dienone is 1. The molecular weight excluding hydrogens is 506 g/mol. The zero-order valence-electron chi connectivity index (χ0n) is 26.5. The maximum absolute atomic E-state index is 13.4. The van der Waals surface area contributed by atoms with Gasteiger partial charge >= 0.3 is 5.97 Å². The second-order valence-electron chi connectivity index (χ2n) is 15.1. The highest BCUT2D eigenvalue weighted by Gasteiger charge is 2.59. The molecule has 0 amide bonds. The van der Waals surface area contributed by atoms with E-state index in [-0.39, 0.29) is 17.5 Å². The van der Waals surface area contributed by atoms with Crippen LogP contribution in [0, 0.1) is 46.3 Å².